The van der Waals surface area contributed by atoms with Crippen LogP contribution in [0.15, 0.2) is 30.3 Å². The average Bonchev–Trinajstić information content (AvgIpc) is 2.14. The molecule has 2 rings (SSSR count). The van der Waals surface area contributed by atoms with E-state index < -0.39 is 11.6 Å². The molecule has 0 saturated heterocycles. The Morgan fingerprint density at radius 2 is 2.00 bits per heavy atom. The van der Waals surface area contributed by atoms with E-state index in [1.807, 2.05) is 19.9 Å². The Balaban J connectivity index is 2.60. The third-order valence-electron chi connectivity index (χ3n) is 2.27. The predicted octanol–water partition coefficient (Wildman–Crippen LogP) is 2.33. The van der Waals surface area contributed by atoms with Crippen LogP contribution in [0.5, 0.6) is 5.75 Å². The predicted molar refractivity (Wildman–Crippen MR) is 56.8 cm³/mol. The number of hydrogen-bond acceptors (Lipinski definition) is 2. The molecule has 15 heavy (non-hydrogen) atoms. The van der Waals surface area contributed by atoms with Crippen molar-refractivity contribution >= 4 is 11.5 Å². The zero-order valence-corrected chi connectivity index (χ0v) is 8.65. The van der Waals surface area contributed by atoms with Gasteiger partial charge in [-0.05, 0) is 26.0 Å². The maximum Gasteiger partial charge on any atom is 0.336 e. The summed E-state index contributed by atoms with van der Waals surface area (Å²) in [5, 5.41) is 9.09. The number of carboxylic acid groups (broad SMARTS) is 1. The van der Waals surface area contributed by atoms with Crippen LogP contribution in [0, 0.1) is 0 Å². The van der Waals surface area contributed by atoms with E-state index in [1.165, 1.54) is 0 Å². The molecule has 1 N–H and O–H groups in total. The quantitative estimate of drug-likeness (QED) is 0.763. The molecule has 1 aliphatic rings. The van der Waals surface area contributed by atoms with Gasteiger partial charge < -0.3 is 9.84 Å². The van der Waals surface area contributed by atoms with Gasteiger partial charge in [0.15, 0.2) is 0 Å². The van der Waals surface area contributed by atoms with Gasteiger partial charge in [0.05, 0.1) is 5.57 Å². The molecule has 0 unspecified atom stereocenters. The normalized spacial score (nSPS) is 17.3. The SMILES string of the molecule is CC1(C)C=C(C(=O)O)c2ccccc2O1. The topological polar surface area (TPSA) is 46.5 Å². The van der Waals surface area contributed by atoms with Crippen molar-refractivity contribution in [3.05, 3.63) is 35.9 Å². The van der Waals surface area contributed by atoms with Crippen LogP contribution < -0.4 is 4.74 Å². The third kappa shape index (κ3) is 1.73. The minimum absolute atomic E-state index is 0.307. The van der Waals surface area contributed by atoms with Gasteiger partial charge in [0.2, 0.25) is 0 Å². The van der Waals surface area contributed by atoms with E-state index in [0.29, 0.717) is 16.9 Å². The first-order chi connectivity index (χ1) is 6.99. The second kappa shape index (κ2) is 3.12. The van der Waals surface area contributed by atoms with Crippen LogP contribution in [0.1, 0.15) is 19.4 Å². The summed E-state index contributed by atoms with van der Waals surface area (Å²) in [6, 6.07) is 7.18. The number of ether oxygens (including phenoxy) is 1. The van der Waals surface area contributed by atoms with Gasteiger partial charge in [0, 0.05) is 5.56 Å². The molecule has 0 bridgehead atoms. The Hall–Kier alpha value is -1.77. The summed E-state index contributed by atoms with van der Waals surface area (Å²) in [4.78, 5) is 11.1. The summed E-state index contributed by atoms with van der Waals surface area (Å²) in [6.45, 7) is 3.68. The first kappa shape index (κ1) is 9.77. The second-order valence-electron chi connectivity index (χ2n) is 4.06. The van der Waals surface area contributed by atoms with Gasteiger partial charge in [-0.2, -0.15) is 0 Å². The maximum absolute atomic E-state index is 11.1. The molecule has 0 aliphatic carbocycles. The summed E-state index contributed by atoms with van der Waals surface area (Å²) in [5.41, 5.74) is 0.383. The minimum atomic E-state index is -0.918. The molecule has 0 saturated carbocycles. The lowest BCUT2D eigenvalue weighted by molar-refractivity contribution is -0.130. The molecule has 0 radical (unpaired) electrons. The van der Waals surface area contributed by atoms with Crippen LogP contribution in [-0.2, 0) is 4.79 Å². The van der Waals surface area contributed by atoms with Gasteiger partial charge in [-0.1, -0.05) is 18.2 Å². The fourth-order valence-electron chi connectivity index (χ4n) is 1.69. The van der Waals surface area contributed by atoms with Crippen LogP contribution in [0.25, 0.3) is 5.57 Å². The zero-order chi connectivity index (χ0) is 11.1. The van der Waals surface area contributed by atoms with Crippen molar-refractivity contribution in [2.24, 2.45) is 0 Å². The molecule has 3 nitrogen and oxygen atoms in total. The maximum atomic E-state index is 11.1. The van der Waals surface area contributed by atoms with E-state index in [4.69, 9.17) is 9.84 Å². The number of benzene rings is 1. The number of rotatable bonds is 1. The first-order valence-corrected chi connectivity index (χ1v) is 4.74. The monoisotopic (exact) mass is 204 g/mol. The Labute approximate surface area is 88.0 Å². The number of para-hydroxylation sites is 1. The van der Waals surface area contributed by atoms with Gasteiger partial charge in [0.1, 0.15) is 11.4 Å². The molecule has 0 atom stereocenters. The van der Waals surface area contributed by atoms with Crippen molar-refractivity contribution in [2.45, 2.75) is 19.4 Å². The largest absolute Gasteiger partial charge is 0.483 e. The standard InChI is InChI=1S/C12H12O3/c1-12(2)7-9(11(13)14)8-5-3-4-6-10(8)15-12/h3-7H,1-2H3,(H,13,14). The van der Waals surface area contributed by atoms with Crippen LogP contribution in [0.4, 0.5) is 0 Å². The fourth-order valence-corrected chi connectivity index (χ4v) is 1.69. The summed E-state index contributed by atoms with van der Waals surface area (Å²) in [5.74, 6) is -0.291. The van der Waals surface area contributed by atoms with E-state index in [9.17, 15) is 4.79 Å². The highest BCUT2D eigenvalue weighted by atomic mass is 16.5. The first-order valence-electron chi connectivity index (χ1n) is 4.74. The second-order valence-corrected chi connectivity index (χ2v) is 4.06. The van der Waals surface area contributed by atoms with Crippen molar-refractivity contribution in [1.29, 1.82) is 0 Å². The van der Waals surface area contributed by atoms with E-state index in [1.54, 1.807) is 24.3 Å². The molecule has 0 spiro atoms. The van der Waals surface area contributed by atoms with Crippen molar-refractivity contribution in [1.82, 2.24) is 0 Å². The minimum Gasteiger partial charge on any atom is -0.483 e. The molecule has 1 aliphatic heterocycles. The lowest BCUT2D eigenvalue weighted by atomic mass is 9.95. The third-order valence-corrected chi connectivity index (χ3v) is 2.27. The molecule has 0 fully saturated rings. The summed E-state index contributed by atoms with van der Waals surface area (Å²) in [6.07, 6.45) is 1.64. The highest BCUT2D eigenvalue weighted by molar-refractivity contribution is 6.16. The van der Waals surface area contributed by atoms with Crippen molar-refractivity contribution in [2.75, 3.05) is 0 Å². The number of hydrogen-bond donors (Lipinski definition) is 1. The van der Waals surface area contributed by atoms with Gasteiger partial charge in [-0.25, -0.2) is 4.79 Å². The molecular formula is C12H12O3. The van der Waals surface area contributed by atoms with Crippen LogP contribution in [0.3, 0.4) is 0 Å². The van der Waals surface area contributed by atoms with E-state index in [2.05, 4.69) is 0 Å². The van der Waals surface area contributed by atoms with E-state index in [-0.39, 0.29) is 0 Å². The van der Waals surface area contributed by atoms with Crippen molar-refractivity contribution < 1.29 is 14.6 Å². The van der Waals surface area contributed by atoms with Crippen molar-refractivity contribution in [3.8, 4) is 5.75 Å². The zero-order valence-electron chi connectivity index (χ0n) is 8.65. The summed E-state index contributed by atoms with van der Waals surface area (Å²) >= 11 is 0. The Morgan fingerprint density at radius 1 is 1.33 bits per heavy atom. The Bertz CT molecular complexity index is 444. The van der Waals surface area contributed by atoms with Crippen LogP contribution in [0.2, 0.25) is 0 Å². The molecule has 0 aromatic heterocycles. The smallest absolute Gasteiger partial charge is 0.336 e. The van der Waals surface area contributed by atoms with Crippen LogP contribution in [-0.4, -0.2) is 16.7 Å². The highest BCUT2D eigenvalue weighted by Crippen LogP contribution is 2.35. The van der Waals surface area contributed by atoms with Gasteiger partial charge in [0.25, 0.3) is 0 Å². The molecular weight excluding hydrogens is 192 g/mol. The summed E-state index contributed by atoms with van der Waals surface area (Å²) < 4.78 is 5.66. The highest BCUT2D eigenvalue weighted by Gasteiger charge is 2.28. The van der Waals surface area contributed by atoms with E-state index >= 15 is 0 Å². The van der Waals surface area contributed by atoms with E-state index in [0.717, 1.165) is 0 Å². The molecule has 1 aromatic rings. The number of carbonyl (C=O) groups is 1. The number of fused-ring (bicyclic) bond motifs is 1. The summed E-state index contributed by atoms with van der Waals surface area (Å²) in [7, 11) is 0. The Kier molecular flexibility index (Phi) is 2.03. The Morgan fingerprint density at radius 3 is 2.67 bits per heavy atom. The molecule has 0 amide bonds. The fraction of sp³-hybridized carbons (Fsp3) is 0.250. The lowest BCUT2D eigenvalue weighted by Gasteiger charge is -2.29. The number of aliphatic carboxylic acids is 1. The lowest BCUT2D eigenvalue weighted by Crippen LogP contribution is -2.30. The average molecular weight is 204 g/mol. The number of carboxylic acids is 1. The molecule has 1 aromatic carbocycles. The van der Waals surface area contributed by atoms with Crippen molar-refractivity contribution in [3.63, 3.8) is 0 Å². The van der Waals surface area contributed by atoms with Gasteiger partial charge in [-0.15, -0.1) is 0 Å². The molecule has 78 valence electrons. The molecule has 1 heterocycles. The van der Waals surface area contributed by atoms with Gasteiger partial charge in [-0.3, -0.25) is 0 Å². The van der Waals surface area contributed by atoms with Gasteiger partial charge >= 0.3 is 5.97 Å². The van der Waals surface area contributed by atoms with Crippen LogP contribution >= 0.6 is 0 Å². The molecule has 3 heteroatoms.